The normalized spacial score (nSPS) is 10.6. The first-order valence-corrected chi connectivity index (χ1v) is 9.18. The summed E-state index contributed by atoms with van der Waals surface area (Å²) >= 11 is 0. The number of carbonyl (C=O) groups excluding carboxylic acids is 1. The van der Waals surface area contributed by atoms with Crippen LogP contribution in [0.2, 0.25) is 0 Å². The van der Waals surface area contributed by atoms with E-state index in [1.54, 1.807) is 38.5 Å². The van der Waals surface area contributed by atoms with Crippen molar-refractivity contribution in [1.29, 1.82) is 0 Å². The van der Waals surface area contributed by atoms with Crippen molar-refractivity contribution in [3.05, 3.63) is 89.5 Å². The molecule has 0 heterocycles. The van der Waals surface area contributed by atoms with Gasteiger partial charge >= 0.3 is 5.97 Å². The van der Waals surface area contributed by atoms with Gasteiger partial charge in [0, 0.05) is 14.2 Å². The molecule has 0 fully saturated rings. The molecule has 3 rings (SSSR count). The maximum absolute atomic E-state index is 12.4. The molecule has 4 nitrogen and oxygen atoms in total. The lowest BCUT2D eigenvalue weighted by atomic mass is 10.0. The molecule has 0 N–H and O–H groups in total. The quantitative estimate of drug-likeness (QED) is 0.414. The molecular weight excluding hydrogens is 352 g/mol. The Kier molecular flexibility index (Phi) is 6.95. The molecule has 0 saturated carbocycles. The largest absolute Gasteiger partial charge is 0.423 e. The van der Waals surface area contributed by atoms with Crippen LogP contribution in [0.15, 0.2) is 72.8 Å². The monoisotopic (exact) mass is 376 g/mol. The first-order chi connectivity index (χ1) is 13.7. The zero-order valence-corrected chi connectivity index (χ0v) is 16.2. The number of benzene rings is 3. The van der Waals surface area contributed by atoms with Gasteiger partial charge in [-0.05, 0) is 52.9 Å². The van der Waals surface area contributed by atoms with E-state index in [4.69, 9.17) is 14.2 Å². The lowest BCUT2D eigenvalue weighted by Gasteiger charge is -2.07. The summed E-state index contributed by atoms with van der Waals surface area (Å²) < 4.78 is 15.7. The van der Waals surface area contributed by atoms with E-state index in [-0.39, 0.29) is 5.97 Å². The first-order valence-electron chi connectivity index (χ1n) is 9.18. The fourth-order valence-corrected chi connectivity index (χ4v) is 2.87. The fourth-order valence-electron chi connectivity index (χ4n) is 2.87. The second kappa shape index (κ2) is 9.83. The SMILES string of the molecule is COCCc1ccc(OC(=O)c2ccc(-c3ccc(COC)cc3)cc2)cc1. The molecule has 0 aromatic heterocycles. The Morgan fingerprint density at radius 3 is 1.86 bits per heavy atom. The maximum atomic E-state index is 12.4. The highest BCUT2D eigenvalue weighted by atomic mass is 16.5. The molecule has 0 radical (unpaired) electrons. The summed E-state index contributed by atoms with van der Waals surface area (Å²) in [5, 5.41) is 0. The number of hydrogen-bond donors (Lipinski definition) is 0. The Morgan fingerprint density at radius 2 is 1.29 bits per heavy atom. The minimum Gasteiger partial charge on any atom is -0.423 e. The number of hydrogen-bond acceptors (Lipinski definition) is 4. The van der Waals surface area contributed by atoms with Crippen LogP contribution < -0.4 is 4.74 Å². The van der Waals surface area contributed by atoms with Gasteiger partial charge in [-0.2, -0.15) is 0 Å². The van der Waals surface area contributed by atoms with Gasteiger partial charge in [0.2, 0.25) is 0 Å². The highest BCUT2D eigenvalue weighted by Crippen LogP contribution is 2.21. The number of ether oxygens (including phenoxy) is 3. The molecule has 0 saturated heterocycles. The van der Waals surface area contributed by atoms with Crippen LogP contribution in [0.3, 0.4) is 0 Å². The van der Waals surface area contributed by atoms with Crippen molar-refractivity contribution in [2.45, 2.75) is 13.0 Å². The van der Waals surface area contributed by atoms with E-state index in [1.165, 1.54) is 0 Å². The Balaban J connectivity index is 1.63. The molecule has 0 bridgehead atoms. The Labute approximate surface area is 165 Å². The molecule has 3 aromatic carbocycles. The molecule has 0 spiro atoms. The molecular formula is C24H24O4. The number of esters is 1. The number of carbonyl (C=O) groups is 1. The standard InChI is InChI=1S/C24H24O4/c1-26-16-15-18-5-13-23(14-6-18)28-24(25)22-11-9-21(10-12-22)20-7-3-19(4-8-20)17-27-2/h3-14H,15-17H2,1-2H3. The first kappa shape index (κ1) is 19.8. The summed E-state index contributed by atoms with van der Waals surface area (Å²) in [6.45, 7) is 1.26. The smallest absolute Gasteiger partial charge is 0.343 e. The summed E-state index contributed by atoms with van der Waals surface area (Å²) in [4.78, 5) is 12.4. The minimum absolute atomic E-state index is 0.369. The third-order valence-electron chi connectivity index (χ3n) is 4.45. The maximum Gasteiger partial charge on any atom is 0.343 e. The summed E-state index contributed by atoms with van der Waals surface area (Å²) in [5.41, 5.74) is 4.92. The zero-order valence-electron chi connectivity index (χ0n) is 16.2. The topological polar surface area (TPSA) is 44.8 Å². The van der Waals surface area contributed by atoms with Crippen molar-refractivity contribution >= 4 is 5.97 Å². The lowest BCUT2D eigenvalue weighted by molar-refractivity contribution is 0.0734. The van der Waals surface area contributed by atoms with Crippen molar-refractivity contribution in [2.24, 2.45) is 0 Å². The van der Waals surface area contributed by atoms with Crippen LogP contribution in [0.1, 0.15) is 21.5 Å². The predicted molar refractivity (Wildman–Crippen MR) is 110 cm³/mol. The molecule has 0 atom stereocenters. The minimum atomic E-state index is -0.369. The van der Waals surface area contributed by atoms with Gasteiger partial charge in [-0.15, -0.1) is 0 Å². The zero-order chi connectivity index (χ0) is 19.8. The molecule has 0 aliphatic heterocycles. The van der Waals surface area contributed by atoms with Crippen LogP contribution in [0.5, 0.6) is 5.75 Å². The van der Waals surface area contributed by atoms with Gasteiger partial charge in [0.1, 0.15) is 5.75 Å². The van der Waals surface area contributed by atoms with E-state index < -0.39 is 0 Å². The molecule has 3 aromatic rings. The van der Waals surface area contributed by atoms with Gasteiger partial charge in [0.05, 0.1) is 18.8 Å². The molecule has 0 aliphatic rings. The number of rotatable bonds is 8. The molecule has 0 aliphatic carbocycles. The van der Waals surface area contributed by atoms with E-state index in [1.807, 2.05) is 48.5 Å². The van der Waals surface area contributed by atoms with Gasteiger partial charge in [-0.1, -0.05) is 48.5 Å². The Morgan fingerprint density at radius 1 is 0.714 bits per heavy atom. The van der Waals surface area contributed by atoms with E-state index >= 15 is 0 Å². The van der Waals surface area contributed by atoms with Gasteiger partial charge in [-0.25, -0.2) is 4.79 Å². The summed E-state index contributed by atoms with van der Waals surface area (Å²) in [7, 11) is 3.36. The van der Waals surface area contributed by atoms with Crippen molar-refractivity contribution in [3.8, 4) is 16.9 Å². The van der Waals surface area contributed by atoms with E-state index in [2.05, 4.69) is 0 Å². The van der Waals surface area contributed by atoms with E-state index in [0.29, 0.717) is 24.5 Å². The fraction of sp³-hybridized carbons (Fsp3) is 0.208. The van der Waals surface area contributed by atoms with Gasteiger partial charge in [-0.3, -0.25) is 0 Å². The Bertz CT molecular complexity index is 881. The molecule has 0 amide bonds. The van der Waals surface area contributed by atoms with Crippen LogP contribution >= 0.6 is 0 Å². The van der Waals surface area contributed by atoms with Crippen LogP contribution in [-0.2, 0) is 22.5 Å². The highest BCUT2D eigenvalue weighted by Gasteiger charge is 2.09. The van der Waals surface area contributed by atoms with Crippen LogP contribution in [0.25, 0.3) is 11.1 Å². The summed E-state index contributed by atoms with van der Waals surface area (Å²) in [6, 6.07) is 23.1. The summed E-state index contributed by atoms with van der Waals surface area (Å²) in [6.07, 6.45) is 0.832. The van der Waals surface area contributed by atoms with E-state index in [9.17, 15) is 4.79 Å². The summed E-state index contributed by atoms with van der Waals surface area (Å²) in [5.74, 6) is 0.163. The van der Waals surface area contributed by atoms with Crippen molar-refractivity contribution < 1.29 is 19.0 Å². The second-order valence-electron chi connectivity index (χ2n) is 6.48. The average molecular weight is 376 g/mol. The molecule has 0 unspecified atom stereocenters. The van der Waals surface area contributed by atoms with Crippen LogP contribution in [0.4, 0.5) is 0 Å². The van der Waals surface area contributed by atoms with Gasteiger partial charge in [0.25, 0.3) is 0 Å². The molecule has 144 valence electrons. The molecule has 4 heteroatoms. The third kappa shape index (κ3) is 5.28. The van der Waals surface area contributed by atoms with E-state index in [0.717, 1.165) is 28.7 Å². The Hall–Kier alpha value is -2.95. The van der Waals surface area contributed by atoms with Gasteiger partial charge < -0.3 is 14.2 Å². The van der Waals surface area contributed by atoms with Gasteiger partial charge in [0.15, 0.2) is 0 Å². The highest BCUT2D eigenvalue weighted by molar-refractivity contribution is 5.91. The average Bonchev–Trinajstić information content (AvgIpc) is 2.74. The van der Waals surface area contributed by atoms with Crippen LogP contribution in [-0.4, -0.2) is 26.8 Å². The van der Waals surface area contributed by atoms with Crippen molar-refractivity contribution in [1.82, 2.24) is 0 Å². The predicted octanol–water partition coefficient (Wildman–Crippen LogP) is 4.91. The molecule has 28 heavy (non-hydrogen) atoms. The van der Waals surface area contributed by atoms with Crippen molar-refractivity contribution in [3.63, 3.8) is 0 Å². The number of methoxy groups -OCH3 is 2. The third-order valence-corrected chi connectivity index (χ3v) is 4.45. The van der Waals surface area contributed by atoms with Crippen molar-refractivity contribution in [2.75, 3.05) is 20.8 Å². The lowest BCUT2D eigenvalue weighted by Crippen LogP contribution is -2.08. The second-order valence-corrected chi connectivity index (χ2v) is 6.48. The van der Waals surface area contributed by atoms with Crippen LogP contribution in [0, 0.1) is 0 Å².